The molecule has 1 amide bonds. The molecule has 2 N–H and O–H groups in total. The lowest BCUT2D eigenvalue weighted by atomic mass is 9.92. The Morgan fingerprint density at radius 1 is 1.33 bits per heavy atom. The lowest BCUT2D eigenvalue weighted by Crippen LogP contribution is -2.53. The number of amides is 1. The zero-order chi connectivity index (χ0) is 13.3. The molecule has 1 heterocycles. The van der Waals surface area contributed by atoms with Crippen LogP contribution in [0.1, 0.15) is 11.6 Å². The standard InChI is InChI=1S/C11H7Cl2N3OS/c12-7-2-1-5(3-8(7)13)9-6(4-14)10(17)16-11(18)15-9/h1-3,6,9H,(H2,15,16,17,18)/t6-,9-/m1/s1. The van der Waals surface area contributed by atoms with Crippen LogP contribution in [0.5, 0.6) is 0 Å². The summed E-state index contributed by atoms with van der Waals surface area (Å²) in [5.41, 5.74) is 0.688. The Morgan fingerprint density at radius 3 is 2.67 bits per heavy atom. The Bertz CT molecular complexity index is 570. The fourth-order valence-corrected chi connectivity index (χ4v) is 2.25. The van der Waals surface area contributed by atoms with Crippen molar-refractivity contribution in [3.8, 4) is 6.07 Å². The van der Waals surface area contributed by atoms with Gasteiger partial charge in [0, 0.05) is 0 Å². The minimum Gasteiger partial charge on any atom is -0.354 e. The first kappa shape index (κ1) is 13.1. The van der Waals surface area contributed by atoms with Crippen molar-refractivity contribution < 1.29 is 4.79 Å². The average molecular weight is 300 g/mol. The molecular weight excluding hydrogens is 293 g/mol. The van der Waals surface area contributed by atoms with Gasteiger partial charge in [-0.15, -0.1) is 0 Å². The van der Waals surface area contributed by atoms with Crippen LogP contribution < -0.4 is 10.6 Å². The summed E-state index contributed by atoms with van der Waals surface area (Å²) in [6.07, 6.45) is 0. The molecule has 92 valence electrons. The van der Waals surface area contributed by atoms with Crippen molar-refractivity contribution >= 4 is 46.4 Å². The highest BCUT2D eigenvalue weighted by atomic mass is 35.5. The van der Waals surface area contributed by atoms with E-state index in [2.05, 4.69) is 10.6 Å². The zero-order valence-corrected chi connectivity index (χ0v) is 11.2. The number of hydrogen-bond donors (Lipinski definition) is 2. The summed E-state index contributed by atoms with van der Waals surface area (Å²) in [6, 6.07) is 6.36. The van der Waals surface area contributed by atoms with Crippen LogP contribution in [0.25, 0.3) is 0 Å². The molecule has 0 aromatic heterocycles. The molecule has 1 saturated heterocycles. The summed E-state index contributed by atoms with van der Waals surface area (Å²) in [5.74, 6) is -1.29. The highest BCUT2D eigenvalue weighted by Gasteiger charge is 2.35. The molecule has 0 radical (unpaired) electrons. The van der Waals surface area contributed by atoms with E-state index < -0.39 is 17.9 Å². The van der Waals surface area contributed by atoms with Crippen LogP contribution >= 0.6 is 35.4 Å². The summed E-state index contributed by atoms with van der Waals surface area (Å²) in [4.78, 5) is 11.7. The molecule has 4 nitrogen and oxygen atoms in total. The van der Waals surface area contributed by atoms with E-state index in [-0.39, 0.29) is 5.11 Å². The molecule has 0 saturated carbocycles. The first-order chi connectivity index (χ1) is 8.52. The van der Waals surface area contributed by atoms with Crippen molar-refractivity contribution in [3.63, 3.8) is 0 Å². The van der Waals surface area contributed by atoms with E-state index >= 15 is 0 Å². The van der Waals surface area contributed by atoms with Crippen LogP contribution in [0.3, 0.4) is 0 Å². The molecule has 1 aromatic carbocycles. The van der Waals surface area contributed by atoms with Crippen LogP contribution in [-0.4, -0.2) is 11.0 Å². The van der Waals surface area contributed by atoms with E-state index in [9.17, 15) is 4.79 Å². The van der Waals surface area contributed by atoms with Crippen molar-refractivity contribution in [1.29, 1.82) is 5.26 Å². The molecule has 18 heavy (non-hydrogen) atoms. The highest BCUT2D eigenvalue weighted by Crippen LogP contribution is 2.30. The number of nitriles is 1. The molecule has 0 spiro atoms. The second-order valence-electron chi connectivity index (χ2n) is 3.72. The smallest absolute Gasteiger partial charge is 0.245 e. The van der Waals surface area contributed by atoms with Gasteiger partial charge in [0.1, 0.15) is 5.92 Å². The third kappa shape index (κ3) is 2.41. The number of rotatable bonds is 1. The Kier molecular flexibility index (Phi) is 3.71. The van der Waals surface area contributed by atoms with E-state index in [1.807, 2.05) is 6.07 Å². The van der Waals surface area contributed by atoms with Gasteiger partial charge in [0.25, 0.3) is 0 Å². The van der Waals surface area contributed by atoms with Crippen molar-refractivity contribution in [1.82, 2.24) is 10.6 Å². The van der Waals surface area contributed by atoms with Gasteiger partial charge in [-0.3, -0.25) is 4.79 Å². The molecule has 0 unspecified atom stereocenters. The normalized spacial score (nSPS) is 22.9. The van der Waals surface area contributed by atoms with Crippen molar-refractivity contribution in [3.05, 3.63) is 33.8 Å². The maximum atomic E-state index is 11.7. The average Bonchev–Trinajstić information content (AvgIpc) is 2.32. The molecule has 1 fully saturated rings. The monoisotopic (exact) mass is 299 g/mol. The topological polar surface area (TPSA) is 64.9 Å². The molecule has 0 aliphatic carbocycles. The Morgan fingerprint density at radius 2 is 2.06 bits per heavy atom. The van der Waals surface area contributed by atoms with Gasteiger partial charge in [-0.25, -0.2) is 0 Å². The van der Waals surface area contributed by atoms with Gasteiger partial charge in [0.15, 0.2) is 5.11 Å². The summed E-state index contributed by atoms with van der Waals surface area (Å²) >= 11 is 16.7. The fourth-order valence-electron chi connectivity index (χ4n) is 1.72. The van der Waals surface area contributed by atoms with Crippen LogP contribution in [0, 0.1) is 17.2 Å². The van der Waals surface area contributed by atoms with E-state index in [0.29, 0.717) is 15.6 Å². The summed E-state index contributed by atoms with van der Waals surface area (Å²) < 4.78 is 0. The van der Waals surface area contributed by atoms with Crippen LogP contribution in [0.4, 0.5) is 0 Å². The number of carbonyl (C=O) groups excluding carboxylic acids is 1. The van der Waals surface area contributed by atoms with Gasteiger partial charge >= 0.3 is 0 Å². The van der Waals surface area contributed by atoms with Gasteiger partial charge in [0.05, 0.1) is 22.2 Å². The van der Waals surface area contributed by atoms with Gasteiger partial charge in [-0.2, -0.15) is 5.26 Å². The second kappa shape index (κ2) is 5.11. The van der Waals surface area contributed by atoms with Crippen molar-refractivity contribution in [2.45, 2.75) is 6.04 Å². The molecular formula is C11H7Cl2N3OS. The molecule has 7 heteroatoms. The molecule has 2 atom stereocenters. The predicted molar refractivity (Wildman–Crippen MR) is 72.2 cm³/mol. The maximum Gasteiger partial charge on any atom is 0.245 e. The molecule has 1 aliphatic heterocycles. The third-order valence-corrected chi connectivity index (χ3v) is 3.54. The molecule has 2 rings (SSSR count). The summed E-state index contributed by atoms with van der Waals surface area (Å²) in [6.45, 7) is 0. The zero-order valence-electron chi connectivity index (χ0n) is 8.91. The van der Waals surface area contributed by atoms with Crippen LogP contribution in [-0.2, 0) is 4.79 Å². The lowest BCUT2D eigenvalue weighted by Gasteiger charge is -2.29. The largest absolute Gasteiger partial charge is 0.354 e. The van der Waals surface area contributed by atoms with Gasteiger partial charge in [0.2, 0.25) is 5.91 Å². The highest BCUT2D eigenvalue weighted by molar-refractivity contribution is 7.80. The van der Waals surface area contributed by atoms with Gasteiger partial charge in [-0.1, -0.05) is 29.3 Å². The first-order valence-electron chi connectivity index (χ1n) is 4.99. The predicted octanol–water partition coefficient (Wildman–Crippen LogP) is 2.18. The molecule has 0 bridgehead atoms. The minimum absolute atomic E-state index is 0.197. The quantitative estimate of drug-likeness (QED) is 0.780. The SMILES string of the molecule is N#C[C@H]1C(=O)NC(=S)N[C@@H]1c1ccc(Cl)c(Cl)c1. The van der Waals surface area contributed by atoms with Gasteiger partial charge in [-0.05, 0) is 29.9 Å². The number of nitrogens with one attached hydrogen (secondary N) is 2. The summed E-state index contributed by atoms with van der Waals surface area (Å²) in [5, 5.41) is 15.3. The number of benzene rings is 1. The van der Waals surface area contributed by atoms with E-state index in [1.54, 1.807) is 18.2 Å². The van der Waals surface area contributed by atoms with Crippen LogP contribution in [0.15, 0.2) is 18.2 Å². The van der Waals surface area contributed by atoms with Crippen molar-refractivity contribution in [2.24, 2.45) is 5.92 Å². The number of thiocarbonyl (C=S) groups is 1. The Labute approximate surface area is 119 Å². The van der Waals surface area contributed by atoms with E-state index in [4.69, 9.17) is 40.7 Å². The van der Waals surface area contributed by atoms with Crippen molar-refractivity contribution in [2.75, 3.05) is 0 Å². The number of halogens is 2. The number of carbonyl (C=O) groups is 1. The Hall–Kier alpha value is -1.35. The number of hydrogen-bond acceptors (Lipinski definition) is 3. The molecule has 1 aromatic rings. The first-order valence-corrected chi connectivity index (χ1v) is 6.15. The second-order valence-corrected chi connectivity index (χ2v) is 4.94. The fraction of sp³-hybridized carbons (Fsp3) is 0.182. The lowest BCUT2D eigenvalue weighted by molar-refractivity contribution is -0.123. The van der Waals surface area contributed by atoms with E-state index in [1.165, 1.54) is 0 Å². The molecule has 1 aliphatic rings. The number of nitrogens with zero attached hydrogens (tertiary/aromatic N) is 1. The maximum absolute atomic E-state index is 11.7. The summed E-state index contributed by atoms with van der Waals surface area (Å²) in [7, 11) is 0. The van der Waals surface area contributed by atoms with E-state index in [0.717, 1.165) is 0 Å². The third-order valence-electron chi connectivity index (χ3n) is 2.58. The van der Waals surface area contributed by atoms with Crippen LogP contribution in [0.2, 0.25) is 10.0 Å². The Balaban J connectivity index is 2.40. The van der Waals surface area contributed by atoms with Gasteiger partial charge < -0.3 is 10.6 Å². The minimum atomic E-state index is -0.867.